The Labute approximate surface area is 295 Å². The number of benzene rings is 2. The molecule has 0 atom stereocenters. The predicted octanol–water partition coefficient (Wildman–Crippen LogP) is 7.49. The molecular formula is C36H51BrN7OPS. The summed E-state index contributed by atoms with van der Waals surface area (Å²) in [6, 6.07) is 12.0. The molecule has 0 unspecified atom stereocenters. The maximum atomic E-state index is 5.95. The zero-order valence-electron chi connectivity index (χ0n) is 28.7. The van der Waals surface area contributed by atoms with Crippen LogP contribution in [0, 0.1) is 0 Å². The summed E-state index contributed by atoms with van der Waals surface area (Å²) in [7, 11) is 1.47. The van der Waals surface area contributed by atoms with Crippen molar-refractivity contribution in [2.45, 2.75) is 51.0 Å². The van der Waals surface area contributed by atoms with E-state index in [9.17, 15) is 0 Å². The Morgan fingerprint density at radius 3 is 2.40 bits per heavy atom. The zero-order valence-corrected chi connectivity index (χ0v) is 32.0. The highest BCUT2D eigenvalue weighted by Gasteiger charge is 2.29. The van der Waals surface area contributed by atoms with Gasteiger partial charge in [-0.25, -0.2) is 4.98 Å². The van der Waals surface area contributed by atoms with Gasteiger partial charge >= 0.3 is 0 Å². The average molecular weight is 741 g/mol. The van der Waals surface area contributed by atoms with E-state index in [4.69, 9.17) is 9.72 Å². The standard InChI is InChI=1S/C36H51BrN7OPS/c1-6-25-21-31(33(45-2)23-32(25)44-13-11-28(12-14-44)43-17-15-42(16-18-43)19-20-47-5)40-36-38-24-29(37)35(41-36)39-30-10-9-27(26-7-8-26)22-34(30)46(3)4/h9-10,21-24,26,28H,6-8,11-20H2,1-5H3,(H2,38,39,40,41). The topological polar surface area (TPSA) is 68.8 Å². The van der Waals surface area contributed by atoms with Gasteiger partial charge in [-0.3, -0.25) is 9.80 Å². The smallest absolute Gasteiger partial charge is 0.229 e. The Bertz CT molecular complexity index is 1510. The molecule has 2 N–H and O–H groups in total. The third kappa shape index (κ3) is 8.56. The molecule has 0 radical (unpaired) electrons. The van der Waals surface area contributed by atoms with E-state index in [0.717, 1.165) is 52.8 Å². The minimum atomic E-state index is -0.276. The molecule has 3 aromatic rings. The first kappa shape index (κ1) is 34.8. The van der Waals surface area contributed by atoms with E-state index < -0.39 is 0 Å². The number of aryl methyl sites for hydroxylation is 1. The minimum absolute atomic E-state index is 0.276. The first-order valence-corrected chi connectivity index (χ1v) is 21.6. The quantitative estimate of drug-likeness (QED) is 0.174. The van der Waals surface area contributed by atoms with Crippen molar-refractivity contribution in [3.8, 4) is 5.75 Å². The molecule has 3 fully saturated rings. The molecule has 6 rings (SSSR count). The van der Waals surface area contributed by atoms with Gasteiger partial charge in [0.2, 0.25) is 5.95 Å². The van der Waals surface area contributed by atoms with E-state index in [-0.39, 0.29) is 7.92 Å². The zero-order chi connectivity index (χ0) is 32.9. The van der Waals surface area contributed by atoms with Gasteiger partial charge < -0.3 is 20.3 Å². The number of thioether (sulfide) groups is 1. The fourth-order valence-electron chi connectivity index (χ4n) is 6.96. The normalized spacial score (nSPS) is 18.1. The van der Waals surface area contributed by atoms with E-state index in [1.807, 2.05) is 18.0 Å². The van der Waals surface area contributed by atoms with Gasteiger partial charge in [-0.05, 0) is 108 Å². The lowest BCUT2D eigenvalue weighted by molar-refractivity contribution is 0.0884. The number of piperazine rings is 1. The van der Waals surface area contributed by atoms with Gasteiger partial charge in [0.05, 0.1) is 17.3 Å². The van der Waals surface area contributed by atoms with Crippen molar-refractivity contribution in [3.05, 3.63) is 52.1 Å². The molecule has 1 saturated carbocycles. The summed E-state index contributed by atoms with van der Waals surface area (Å²) in [5.41, 5.74) is 6.06. The number of anilines is 5. The molecule has 11 heteroatoms. The van der Waals surface area contributed by atoms with E-state index in [2.05, 4.69) is 103 Å². The number of nitrogens with zero attached hydrogens (tertiary/aromatic N) is 5. The number of aromatic nitrogens is 2. The van der Waals surface area contributed by atoms with Gasteiger partial charge in [0.25, 0.3) is 0 Å². The largest absolute Gasteiger partial charge is 0.494 e. The molecule has 2 aromatic carbocycles. The third-order valence-corrected chi connectivity index (χ3v) is 12.4. The number of methoxy groups -OCH3 is 1. The van der Waals surface area contributed by atoms with Crippen LogP contribution < -0.4 is 25.6 Å². The van der Waals surface area contributed by atoms with Crippen LogP contribution in [0.1, 0.15) is 49.7 Å². The van der Waals surface area contributed by atoms with E-state index >= 15 is 0 Å². The summed E-state index contributed by atoms with van der Waals surface area (Å²) in [5, 5.41) is 8.47. The molecule has 2 saturated heterocycles. The first-order chi connectivity index (χ1) is 22.9. The molecule has 0 amide bonds. The van der Waals surface area contributed by atoms with Crippen LogP contribution in [0.2, 0.25) is 0 Å². The van der Waals surface area contributed by atoms with Gasteiger partial charge in [0.15, 0.2) is 0 Å². The van der Waals surface area contributed by atoms with Crippen LogP contribution in [0.5, 0.6) is 5.75 Å². The Morgan fingerprint density at radius 2 is 1.74 bits per heavy atom. The number of rotatable bonds is 13. The summed E-state index contributed by atoms with van der Waals surface area (Å²) < 4.78 is 6.78. The molecule has 8 nitrogen and oxygen atoms in total. The lowest BCUT2D eigenvalue weighted by atomic mass is 9.99. The number of hydrogen-bond acceptors (Lipinski definition) is 9. The number of ether oxygens (including phenoxy) is 1. The van der Waals surface area contributed by atoms with Gasteiger partial charge in [0, 0.05) is 81.2 Å². The van der Waals surface area contributed by atoms with Crippen molar-refractivity contribution in [1.29, 1.82) is 0 Å². The number of halogens is 1. The lowest BCUT2D eigenvalue weighted by Crippen LogP contribution is -2.53. The molecule has 3 heterocycles. The highest BCUT2D eigenvalue weighted by Crippen LogP contribution is 2.42. The summed E-state index contributed by atoms with van der Waals surface area (Å²) in [6.07, 6.45) is 10.00. The second-order valence-corrected chi connectivity index (χ2v) is 17.3. The fraction of sp³-hybridized carbons (Fsp3) is 0.556. The average Bonchev–Trinajstić information content (AvgIpc) is 3.95. The fourth-order valence-corrected chi connectivity index (χ4v) is 8.71. The van der Waals surface area contributed by atoms with Crippen molar-refractivity contribution in [2.24, 2.45) is 0 Å². The van der Waals surface area contributed by atoms with Crippen LogP contribution >= 0.6 is 35.6 Å². The Balaban J connectivity index is 1.13. The first-order valence-electron chi connectivity index (χ1n) is 17.2. The van der Waals surface area contributed by atoms with Crippen molar-refractivity contribution >= 4 is 69.7 Å². The van der Waals surface area contributed by atoms with Crippen LogP contribution in [-0.2, 0) is 6.42 Å². The van der Waals surface area contributed by atoms with Crippen LogP contribution in [0.25, 0.3) is 0 Å². The Morgan fingerprint density at radius 1 is 0.979 bits per heavy atom. The van der Waals surface area contributed by atoms with Gasteiger partial charge in [-0.15, -0.1) is 0 Å². The second-order valence-electron chi connectivity index (χ2n) is 13.2. The minimum Gasteiger partial charge on any atom is -0.494 e. The van der Waals surface area contributed by atoms with Gasteiger partial charge in [-0.2, -0.15) is 16.7 Å². The highest BCUT2D eigenvalue weighted by atomic mass is 79.9. The van der Waals surface area contributed by atoms with Gasteiger partial charge in [-0.1, -0.05) is 20.9 Å². The molecule has 0 spiro atoms. The molecule has 47 heavy (non-hydrogen) atoms. The van der Waals surface area contributed by atoms with Crippen molar-refractivity contribution in [1.82, 2.24) is 19.8 Å². The lowest BCUT2D eigenvalue weighted by Gasteiger charge is -2.43. The maximum absolute atomic E-state index is 5.95. The molecule has 1 aliphatic carbocycles. The molecule has 2 aliphatic heterocycles. The molecule has 1 aromatic heterocycles. The second kappa shape index (κ2) is 16.1. The van der Waals surface area contributed by atoms with Crippen LogP contribution in [-0.4, -0.2) is 104 Å². The maximum Gasteiger partial charge on any atom is 0.229 e. The third-order valence-electron chi connectivity index (χ3n) is 9.92. The van der Waals surface area contributed by atoms with E-state index in [1.54, 1.807) is 7.11 Å². The Hall–Kier alpha value is -2.10. The highest BCUT2D eigenvalue weighted by molar-refractivity contribution is 9.10. The van der Waals surface area contributed by atoms with Crippen molar-refractivity contribution in [3.63, 3.8) is 0 Å². The van der Waals surface area contributed by atoms with Crippen LogP contribution in [0.4, 0.5) is 28.8 Å². The van der Waals surface area contributed by atoms with Crippen molar-refractivity contribution < 1.29 is 4.74 Å². The van der Waals surface area contributed by atoms with Crippen molar-refractivity contribution in [2.75, 3.05) is 93.8 Å². The summed E-state index contributed by atoms with van der Waals surface area (Å²) in [6.45, 7) is 15.1. The number of nitrogens with one attached hydrogen (secondary N) is 2. The summed E-state index contributed by atoms with van der Waals surface area (Å²) in [5.74, 6) is 4.06. The van der Waals surface area contributed by atoms with E-state index in [0.29, 0.717) is 12.0 Å². The molecule has 0 bridgehead atoms. The van der Waals surface area contributed by atoms with E-state index in [1.165, 1.54) is 86.3 Å². The SMILES string of the molecule is CCc1cc(Nc2ncc(Br)c(Nc3ccc(C4CC4)cc3P(C)C)n2)c(OC)cc1N1CCC(N2CCN(CCSC)CC2)CC1. The predicted molar refractivity (Wildman–Crippen MR) is 207 cm³/mol. The summed E-state index contributed by atoms with van der Waals surface area (Å²) >= 11 is 5.63. The number of piperidine rings is 1. The number of hydrogen-bond donors (Lipinski definition) is 2. The van der Waals surface area contributed by atoms with Crippen LogP contribution in [0.15, 0.2) is 41.0 Å². The van der Waals surface area contributed by atoms with Crippen LogP contribution in [0.3, 0.4) is 0 Å². The summed E-state index contributed by atoms with van der Waals surface area (Å²) in [4.78, 5) is 17.5. The molecular weight excluding hydrogens is 689 g/mol. The molecule has 254 valence electrons. The molecule has 3 aliphatic rings. The monoisotopic (exact) mass is 739 g/mol. The Kier molecular flexibility index (Phi) is 11.9. The van der Waals surface area contributed by atoms with Gasteiger partial charge in [0.1, 0.15) is 11.6 Å².